The van der Waals surface area contributed by atoms with Crippen molar-refractivity contribution < 1.29 is 0 Å². The molecule has 0 spiro atoms. The molecule has 0 amide bonds. The quantitative estimate of drug-likeness (QED) is 0.412. The van der Waals surface area contributed by atoms with Crippen LogP contribution in [0.5, 0.6) is 0 Å². The van der Waals surface area contributed by atoms with E-state index in [-0.39, 0.29) is 5.56 Å². The predicted molar refractivity (Wildman–Crippen MR) is 125 cm³/mol. The van der Waals surface area contributed by atoms with E-state index >= 15 is 0 Å². The van der Waals surface area contributed by atoms with Crippen molar-refractivity contribution >= 4 is 10.8 Å². The zero-order chi connectivity index (χ0) is 21.9. The first kappa shape index (κ1) is 19.5. The van der Waals surface area contributed by atoms with Crippen molar-refractivity contribution in [2.24, 2.45) is 0 Å². The summed E-state index contributed by atoms with van der Waals surface area (Å²) in [5.74, 6) is 0. The highest BCUT2D eigenvalue weighted by molar-refractivity contribution is 5.96. The Morgan fingerprint density at radius 3 is 2.50 bits per heavy atom. The molecular formula is C27H20N4O. The maximum absolute atomic E-state index is 12.9. The van der Waals surface area contributed by atoms with Gasteiger partial charge in [-0.25, -0.2) is 4.98 Å². The number of nitrogens with zero attached hydrogens (tertiary/aromatic N) is 4. The number of hydrogen-bond donors (Lipinski definition) is 0. The molecule has 32 heavy (non-hydrogen) atoms. The van der Waals surface area contributed by atoms with E-state index in [1.165, 1.54) is 0 Å². The van der Waals surface area contributed by atoms with Gasteiger partial charge in [0.25, 0.3) is 5.56 Å². The summed E-state index contributed by atoms with van der Waals surface area (Å²) in [5.41, 5.74) is 4.56. The molecule has 0 N–H and O–H groups in total. The molecule has 5 aromatic rings. The third-order valence-corrected chi connectivity index (χ3v) is 5.66. The standard InChI is InChI=1S/C27H20N4O/c28-15-20-8-10-21(11-9-20)17-31-19-29-16-24(31)18-30-13-12-23(14-27(30)32)26-7-3-5-22-4-1-2-6-25(22)26/h1-14,16,19H,17-18H2. The molecule has 3 aromatic carbocycles. The molecule has 2 heterocycles. The highest BCUT2D eigenvalue weighted by Gasteiger charge is 2.08. The largest absolute Gasteiger partial charge is 0.328 e. The molecule has 2 aromatic heterocycles. The smallest absolute Gasteiger partial charge is 0.251 e. The van der Waals surface area contributed by atoms with Crippen molar-refractivity contribution in [2.75, 3.05) is 0 Å². The molecule has 5 rings (SSSR count). The van der Waals surface area contributed by atoms with E-state index in [1.54, 1.807) is 23.2 Å². The van der Waals surface area contributed by atoms with Gasteiger partial charge in [0.15, 0.2) is 0 Å². The number of rotatable bonds is 5. The Morgan fingerprint density at radius 2 is 1.69 bits per heavy atom. The molecule has 0 aliphatic carbocycles. The molecule has 0 saturated carbocycles. The van der Waals surface area contributed by atoms with Crippen molar-refractivity contribution in [3.8, 4) is 17.2 Å². The monoisotopic (exact) mass is 416 g/mol. The number of fused-ring (bicyclic) bond motifs is 1. The topological polar surface area (TPSA) is 63.6 Å². The summed E-state index contributed by atoms with van der Waals surface area (Å²) >= 11 is 0. The van der Waals surface area contributed by atoms with Crippen molar-refractivity contribution in [3.63, 3.8) is 0 Å². The minimum Gasteiger partial charge on any atom is -0.328 e. The van der Waals surface area contributed by atoms with Crippen LogP contribution in [0.3, 0.4) is 0 Å². The van der Waals surface area contributed by atoms with Gasteiger partial charge in [0.05, 0.1) is 30.2 Å². The Hall–Kier alpha value is -4.43. The van der Waals surface area contributed by atoms with Crippen LogP contribution in [0, 0.1) is 11.3 Å². The molecular weight excluding hydrogens is 396 g/mol. The van der Waals surface area contributed by atoms with Gasteiger partial charge in [-0.05, 0) is 45.7 Å². The van der Waals surface area contributed by atoms with Gasteiger partial charge in [-0.2, -0.15) is 5.26 Å². The van der Waals surface area contributed by atoms with Gasteiger partial charge in [-0.15, -0.1) is 0 Å². The van der Waals surface area contributed by atoms with Crippen LogP contribution in [-0.2, 0) is 13.1 Å². The summed E-state index contributed by atoms with van der Waals surface area (Å²) in [6.07, 6.45) is 5.40. The molecule has 0 aliphatic rings. The van der Waals surface area contributed by atoms with Gasteiger partial charge in [-0.1, -0.05) is 54.6 Å². The molecule has 154 valence electrons. The van der Waals surface area contributed by atoms with E-state index in [0.717, 1.165) is 33.2 Å². The average molecular weight is 416 g/mol. The lowest BCUT2D eigenvalue weighted by Crippen LogP contribution is -2.20. The van der Waals surface area contributed by atoms with Gasteiger partial charge >= 0.3 is 0 Å². The highest BCUT2D eigenvalue weighted by Crippen LogP contribution is 2.27. The summed E-state index contributed by atoms with van der Waals surface area (Å²) < 4.78 is 3.72. The van der Waals surface area contributed by atoms with Gasteiger partial charge in [0, 0.05) is 25.0 Å². The number of aromatic nitrogens is 3. The van der Waals surface area contributed by atoms with Crippen LogP contribution < -0.4 is 5.56 Å². The molecule has 0 bridgehead atoms. The Balaban J connectivity index is 1.41. The van der Waals surface area contributed by atoms with Gasteiger partial charge in [0.2, 0.25) is 0 Å². The molecule has 5 heteroatoms. The maximum atomic E-state index is 12.9. The second-order valence-corrected chi connectivity index (χ2v) is 7.73. The Labute approximate surface area is 185 Å². The van der Waals surface area contributed by atoms with E-state index in [4.69, 9.17) is 5.26 Å². The third-order valence-electron chi connectivity index (χ3n) is 5.66. The second kappa shape index (κ2) is 8.37. The van der Waals surface area contributed by atoms with Gasteiger partial charge in [0.1, 0.15) is 0 Å². The van der Waals surface area contributed by atoms with Crippen LogP contribution >= 0.6 is 0 Å². The zero-order valence-corrected chi connectivity index (χ0v) is 17.3. The Morgan fingerprint density at radius 1 is 0.875 bits per heavy atom. The number of pyridine rings is 1. The summed E-state index contributed by atoms with van der Waals surface area (Å²) in [6.45, 7) is 1.06. The minimum absolute atomic E-state index is 0.0541. The number of imidazole rings is 1. The predicted octanol–water partition coefficient (Wildman–Crippen LogP) is 4.83. The molecule has 0 unspecified atom stereocenters. The summed E-state index contributed by atoms with van der Waals surface area (Å²) in [6, 6.07) is 27.7. The Kier molecular flexibility index (Phi) is 5.11. The van der Waals surface area contributed by atoms with E-state index in [1.807, 2.05) is 65.4 Å². The van der Waals surface area contributed by atoms with E-state index in [0.29, 0.717) is 18.7 Å². The van der Waals surface area contributed by atoms with E-state index in [9.17, 15) is 4.79 Å². The molecule has 0 saturated heterocycles. The van der Waals surface area contributed by atoms with Crippen LogP contribution in [0.2, 0.25) is 0 Å². The fraction of sp³-hybridized carbons (Fsp3) is 0.0741. The Bertz CT molecular complexity index is 1500. The van der Waals surface area contributed by atoms with Gasteiger partial charge in [-0.3, -0.25) is 4.79 Å². The molecule has 0 radical (unpaired) electrons. The highest BCUT2D eigenvalue weighted by atomic mass is 16.1. The number of benzene rings is 3. The lowest BCUT2D eigenvalue weighted by atomic mass is 9.99. The van der Waals surface area contributed by atoms with Crippen molar-refractivity contribution in [2.45, 2.75) is 13.1 Å². The van der Waals surface area contributed by atoms with Crippen LogP contribution in [0.1, 0.15) is 16.8 Å². The SMILES string of the molecule is N#Cc1ccc(Cn2cncc2Cn2ccc(-c3cccc4ccccc34)cc2=O)cc1. The minimum atomic E-state index is -0.0541. The van der Waals surface area contributed by atoms with E-state index < -0.39 is 0 Å². The third kappa shape index (κ3) is 3.82. The van der Waals surface area contributed by atoms with Crippen LogP contribution in [-0.4, -0.2) is 14.1 Å². The lowest BCUT2D eigenvalue weighted by molar-refractivity contribution is 0.671. The average Bonchev–Trinajstić information content (AvgIpc) is 3.27. The van der Waals surface area contributed by atoms with Crippen molar-refractivity contribution in [1.82, 2.24) is 14.1 Å². The lowest BCUT2D eigenvalue weighted by Gasteiger charge is -2.12. The second-order valence-electron chi connectivity index (χ2n) is 7.73. The first-order valence-electron chi connectivity index (χ1n) is 10.4. The molecule has 0 aliphatic heterocycles. The van der Waals surface area contributed by atoms with Crippen LogP contribution in [0.4, 0.5) is 0 Å². The van der Waals surface area contributed by atoms with Crippen molar-refractivity contribution in [1.29, 1.82) is 5.26 Å². The summed E-state index contributed by atoms with van der Waals surface area (Å²) in [5, 5.41) is 11.3. The van der Waals surface area contributed by atoms with Crippen LogP contribution in [0.15, 0.2) is 102 Å². The molecule has 0 fully saturated rings. The van der Waals surface area contributed by atoms with E-state index in [2.05, 4.69) is 29.3 Å². The molecule has 5 nitrogen and oxygen atoms in total. The van der Waals surface area contributed by atoms with Crippen LogP contribution in [0.25, 0.3) is 21.9 Å². The first-order chi connectivity index (χ1) is 15.7. The first-order valence-corrected chi connectivity index (χ1v) is 10.4. The fourth-order valence-corrected chi connectivity index (χ4v) is 3.96. The fourth-order valence-electron chi connectivity index (χ4n) is 3.96. The van der Waals surface area contributed by atoms with Crippen molar-refractivity contribution in [3.05, 3.63) is 125 Å². The maximum Gasteiger partial charge on any atom is 0.251 e. The normalized spacial score (nSPS) is 10.8. The molecule has 0 atom stereocenters. The number of nitriles is 1. The van der Waals surface area contributed by atoms with Gasteiger partial charge < -0.3 is 9.13 Å². The zero-order valence-electron chi connectivity index (χ0n) is 17.3. The summed E-state index contributed by atoms with van der Waals surface area (Å²) in [7, 11) is 0. The number of hydrogen-bond acceptors (Lipinski definition) is 3. The summed E-state index contributed by atoms with van der Waals surface area (Å²) in [4.78, 5) is 17.2.